The van der Waals surface area contributed by atoms with E-state index in [1.807, 2.05) is 0 Å². The van der Waals surface area contributed by atoms with Crippen molar-refractivity contribution in [2.75, 3.05) is 11.9 Å². The van der Waals surface area contributed by atoms with Crippen LogP contribution in [0, 0.1) is 0 Å². The lowest BCUT2D eigenvalue weighted by Gasteiger charge is -2.07. The number of rotatable bonds is 4. The molecule has 0 aliphatic carbocycles. The number of hydrogen-bond donors (Lipinski definition) is 1. The summed E-state index contributed by atoms with van der Waals surface area (Å²) in [5.41, 5.74) is 0.638. The number of carbonyl (C=O) groups is 2. The van der Waals surface area contributed by atoms with E-state index in [2.05, 4.69) is 5.32 Å². The first-order chi connectivity index (χ1) is 10.0. The highest BCUT2D eigenvalue weighted by molar-refractivity contribution is 7.14. The lowest BCUT2D eigenvalue weighted by molar-refractivity contribution is 0.0528. The maximum Gasteiger partial charge on any atom is 0.341 e. The molecule has 0 aliphatic heterocycles. The first-order valence-electron chi connectivity index (χ1n) is 6.03. The van der Waals surface area contributed by atoms with Crippen LogP contribution in [0.15, 0.2) is 29.6 Å². The predicted octanol–water partition coefficient (Wildman–Crippen LogP) is 4.48. The molecule has 0 fully saturated rings. The molecule has 1 amide bonds. The van der Waals surface area contributed by atoms with Gasteiger partial charge in [-0.15, -0.1) is 11.3 Å². The molecule has 110 valence electrons. The smallest absolute Gasteiger partial charge is 0.341 e. The molecule has 0 saturated carbocycles. The van der Waals surface area contributed by atoms with E-state index >= 15 is 0 Å². The van der Waals surface area contributed by atoms with Gasteiger partial charge in [0.25, 0.3) is 5.91 Å². The molecule has 21 heavy (non-hydrogen) atoms. The number of ether oxygens (including phenoxy) is 1. The van der Waals surface area contributed by atoms with E-state index < -0.39 is 11.9 Å². The fourth-order valence-electron chi connectivity index (χ4n) is 1.64. The molecule has 0 spiro atoms. The van der Waals surface area contributed by atoms with Gasteiger partial charge in [0.1, 0.15) is 5.00 Å². The van der Waals surface area contributed by atoms with Gasteiger partial charge in [-0.3, -0.25) is 4.79 Å². The quantitative estimate of drug-likeness (QED) is 0.832. The van der Waals surface area contributed by atoms with E-state index in [1.165, 1.54) is 29.5 Å². The van der Waals surface area contributed by atoms with Crippen LogP contribution in [0.4, 0.5) is 5.00 Å². The number of amides is 1. The summed E-state index contributed by atoms with van der Waals surface area (Å²) < 4.78 is 4.93. The molecule has 0 unspecified atom stereocenters. The van der Waals surface area contributed by atoms with Crippen LogP contribution in [-0.2, 0) is 4.74 Å². The monoisotopic (exact) mass is 343 g/mol. The minimum atomic E-state index is -0.474. The van der Waals surface area contributed by atoms with Crippen molar-refractivity contribution in [2.45, 2.75) is 6.92 Å². The molecule has 0 aliphatic rings. The average Bonchev–Trinajstić information content (AvgIpc) is 2.86. The lowest BCUT2D eigenvalue weighted by atomic mass is 10.2. The molecule has 0 bridgehead atoms. The van der Waals surface area contributed by atoms with E-state index in [9.17, 15) is 9.59 Å². The van der Waals surface area contributed by atoms with Gasteiger partial charge in [-0.1, -0.05) is 23.2 Å². The predicted molar refractivity (Wildman–Crippen MR) is 84.7 cm³/mol. The summed E-state index contributed by atoms with van der Waals surface area (Å²) in [6, 6.07) is 6.14. The summed E-state index contributed by atoms with van der Waals surface area (Å²) in [6.45, 7) is 1.99. The molecule has 1 N–H and O–H groups in total. The molecular formula is C14H11Cl2NO3S. The number of hydrogen-bond acceptors (Lipinski definition) is 4. The average molecular weight is 344 g/mol. The molecule has 2 aromatic rings. The van der Waals surface area contributed by atoms with Crippen molar-refractivity contribution in [3.05, 3.63) is 50.8 Å². The highest BCUT2D eigenvalue weighted by atomic mass is 35.5. The van der Waals surface area contributed by atoms with Gasteiger partial charge in [0, 0.05) is 15.6 Å². The van der Waals surface area contributed by atoms with E-state index in [-0.39, 0.29) is 6.61 Å². The molecule has 1 heterocycles. The number of thiophene rings is 1. The minimum absolute atomic E-state index is 0.270. The van der Waals surface area contributed by atoms with Gasteiger partial charge in [0.2, 0.25) is 0 Å². The van der Waals surface area contributed by atoms with Crippen LogP contribution in [0.25, 0.3) is 0 Å². The van der Waals surface area contributed by atoms with Gasteiger partial charge in [0.15, 0.2) is 0 Å². The maximum atomic E-state index is 12.2. The SMILES string of the molecule is CCOC(=O)c1ccsc1NC(=O)c1cc(Cl)cc(Cl)c1. The van der Waals surface area contributed by atoms with Crippen LogP contribution >= 0.6 is 34.5 Å². The fraction of sp³-hybridized carbons (Fsp3) is 0.143. The number of benzene rings is 1. The van der Waals surface area contributed by atoms with Crippen molar-refractivity contribution in [1.82, 2.24) is 0 Å². The van der Waals surface area contributed by atoms with E-state index in [0.717, 1.165) is 0 Å². The second kappa shape index (κ2) is 6.93. The molecule has 0 radical (unpaired) electrons. The molecular weight excluding hydrogens is 333 g/mol. The largest absolute Gasteiger partial charge is 0.462 e. The van der Waals surface area contributed by atoms with Crippen LogP contribution < -0.4 is 5.32 Å². The summed E-state index contributed by atoms with van der Waals surface area (Å²) in [5, 5.41) is 5.52. The zero-order chi connectivity index (χ0) is 15.4. The standard InChI is InChI=1S/C14H11Cl2NO3S/c1-2-20-14(19)11-3-4-21-13(11)17-12(18)8-5-9(15)7-10(16)6-8/h3-7H,2H2,1H3,(H,17,18). The number of anilines is 1. The third kappa shape index (κ3) is 3.97. The third-order valence-corrected chi connectivity index (χ3v) is 3.78. The highest BCUT2D eigenvalue weighted by Gasteiger charge is 2.17. The zero-order valence-corrected chi connectivity index (χ0v) is 13.3. The molecule has 0 atom stereocenters. The van der Waals surface area contributed by atoms with Gasteiger partial charge < -0.3 is 10.1 Å². The van der Waals surface area contributed by atoms with Crippen molar-refractivity contribution >= 4 is 51.4 Å². The summed E-state index contributed by atoms with van der Waals surface area (Å²) in [7, 11) is 0. The van der Waals surface area contributed by atoms with Crippen LogP contribution in [0.5, 0.6) is 0 Å². The van der Waals surface area contributed by atoms with Crippen LogP contribution in [0.3, 0.4) is 0 Å². The Hall–Kier alpha value is -1.56. The number of carbonyl (C=O) groups excluding carboxylic acids is 2. The van der Waals surface area contributed by atoms with E-state index in [4.69, 9.17) is 27.9 Å². The Labute approximate surface area is 135 Å². The van der Waals surface area contributed by atoms with Crippen LogP contribution in [0.2, 0.25) is 10.0 Å². The van der Waals surface area contributed by atoms with Gasteiger partial charge in [-0.2, -0.15) is 0 Å². The molecule has 4 nitrogen and oxygen atoms in total. The van der Waals surface area contributed by atoms with Crippen molar-refractivity contribution < 1.29 is 14.3 Å². The van der Waals surface area contributed by atoms with Gasteiger partial charge >= 0.3 is 5.97 Å². The summed E-state index contributed by atoms with van der Waals surface area (Å²) in [5.74, 6) is -0.870. The van der Waals surface area contributed by atoms with Crippen LogP contribution in [0.1, 0.15) is 27.6 Å². The van der Waals surface area contributed by atoms with Crippen LogP contribution in [-0.4, -0.2) is 18.5 Å². The molecule has 0 saturated heterocycles. The van der Waals surface area contributed by atoms with Gasteiger partial charge in [0.05, 0.1) is 12.2 Å². The van der Waals surface area contributed by atoms with Gasteiger partial charge in [-0.05, 0) is 36.6 Å². The second-order valence-electron chi connectivity index (χ2n) is 4.00. The topological polar surface area (TPSA) is 55.4 Å². The number of halogens is 2. The van der Waals surface area contributed by atoms with E-state index in [1.54, 1.807) is 18.4 Å². The lowest BCUT2D eigenvalue weighted by Crippen LogP contribution is -2.14. The first-order valence-corrected chi connectivity index (χ1v) is 7.67. The number of esters is 1. The second-order valence-corrected chi connectivity index (χ2v) is 5.79. The summed E-state index contributed by atoms with van der Waals surface area (Å²) in [4.78, 5) is 23.9. The Bertz CT molecular complexity index is 664. The van der Waals surface area contributed by atoms with Gasteiger partial charge in [-0.25, -0.2) is 4.79 Å². The fourth-order valence-corrected chi connectivity index (χ4v) is 2.93. The van der Waals surface area contributed by atoms with E-state index in [0.29, 0.717) is 26.2 Å². The normalized spacial score (nSPS) is 10.2. The third-order valence-electron chi connectivity index (χ3n) is 2.51. The Morgan fingerprint density at radius 3 is 2.52 bits per heavy atom. The Balaban J connectivity index is 2.20. The molecule has 2 rings (SSSR count). The highest BCUT2D eigenvalue weighted by Crippen LogP contribution is 2.26. The first kappa shape index (κ1) is 15.8. The van der Waals surface area contributed by atoms with Crippen molar-refractivity contribution in [3.8, 4) is 0 Å². The Morgan fingerprint density at radius 1 is 1.24 bits per heavy atom. The van der Waals surface area contributed by atoms with Crippen molar-refractivity contribution in [2.24, 2.45) is 0 Å². The number of nitrogens with one attached hydrogen (secondary N) is 1. The summed E-state index contributed by atoms with van der Waals surface area (Å²) >= 11 is 13.0. The maximum absolute atomic E-state index is 12.2. The Kier molecular flexibility index (Phi) is 5.22. The molecule has 1 aromatic heterocycles. The summed E-state index contributed by atoms with van der Waals surface area (Å²) in [6.07, 6.45) is 0. The zero-order valence-electron chi connectivity index (χ0n) is 11.0. The molecule has 1 aromatic carbocycles. The Morgan fingerprint density at radius 2 is 1.90 bits per heavy atom. The minimum Gasteiger partial charge on any atom is -0.462 e. The molecule has 7 heteroatoms. The van der Waals surface area contributed by atoms with Crippen molar-refractivity contribution in [3.63, 3.8) is 0 Å². The van der Waals surface area contributed by atoms with Crippen molar-refractivity contribution in [1.29, 1.82) is 0 Å².